The van der Waals surface area contributed by atoms with Gasteiger partial charge in [-0.25, -0.2) is 0 Å². The van der Waals surface area contributed by atoms with Crippen LogP contribution in [0.25, 0.3) is 0 Å². The molecule has 1 N–H and O–H groups in total. The van der Waals surface area contributed by atoms with Crippen LogP contribution in [0, 0.1) is 0 Å². The molecule has 0 spiro atoms. The van der Waals surface area contributed by atoms with Crippen molar-refractivity contribution in [2.45, 2.75) is 39.2 Å². The molecule has 0 saturated carbocycles. The molecule has 6 nitrogen and oxygen atoms in total. The van der Waals surface area contributed by atoms with Gasteiger partial charge in [-0.1, -0.05) is 38.1 Å². The van der Waals surface area contributed by atoms with E-state index < -0.39 is 5.97 Å². The zero-order valence-corrected chi connectivity index (χ0v) is 12.3. The fourth-order valence-corrected chi connectivity index (χ4v) is 1.68. The lowest BCUT2D eigenvalue weighted by molar-refractivity contribution is -0.136. The lowest BCUT2D eigenvalue weighted by atomic mass is 9.97. The summed E-state index contributed by atoms with van der Waals surface area (Å²) in [6, 6.07) is 6.95. The molecule has 0 fully saturated rings. The van der Waals surface area contributed by atoms with Crippen molar-refractivity contribution in [3.8, 4) is 5.75 Å². The van der Waals surface area contributed by atoms with Crippen molar-refractivity contribution in [3.05, 3.63) is 41.5 Å². The Balaban J connectivity index is 2.00. The van der Waals surface area contributed by atoms with E-state index in [1.807, 2.05) is 20.8 Å². The second kappa shape index (κ2) is 5.95. The molecule has 1 heterocycles. The van der Waals surface area contributed by atoms with Gasteiger partial charge >= 0.3 is 5.97 Å². The van der Waals surface area contributed by atoms with E-state index in [1.165, 1.54) is 0 Å². The summed E-state index contributed by atoms with van der Waals surface area (Å²) >= 11 is 0. The Morgan fingerprint density at radius 1 is 1.38 bits per heavy atom. The first-order chi connectivity index (χ1) is 9.84. The molecule has 0 aliphatic carbocycles. The van der Waals surface area contributed by atoms with E-state index in [1.54, 1.807) is 24.3 Å². The lowest BCUT2D eigenvalue weighted by Gasteiger charge is -2.10. The van der Waals surface area contributed by atoms with Gasteiger partial charge in [0.2, 0.25) is 11.7 Å². The van der Waals surface area contributed by atoms with Crippen LogP contribution in [0.2, 0.25) is 0 Å². The van der Waals surface area contributed by atoms with Gasteiger partial charge in [0.1, 0.15) is 5.75 Å². The Hall–Kier alpha value is -2.37. The van der Waals surface area contributed by atoms with Crippen molar-refractivity contribution in [3.63, 3.8) is 0 Å². The summed E-state index contributed by atoms with van der Waals surface area (Å²) in [7, 11) is 0. The highest BCUT2D eigenvalue weighted by molar-refractivity contribution is 5.70. The normalized spacial score (nSPS) is 11.4. The summed E-state index contributed by atoms with van der Waals surface area (Å²) in [6.45, 7) is 6.14. The largest absolute Gasteiger partial charge is 0.485 e. The number of carboxylic acid groups (broad SMARTS) is 1. The Morgan fingerprint density at radius 3 is 2.76 bits per heavy atom. The van der Waals surface area contributed by atoms with Crippen molar-refractivity contribution >= 4 is 5.97 Å². The van der Waals surface area contributed by atoms with Crippen LogP contribution in [-0.4, -0.2) is 21.2 Å². The summed E-state index contributed by atoms with van der Waals surface area (Å²) in [5.41, 5.74) is 0.482. The first-order valence-corrected chi connectivity index (χ1v) is 6.61. The minimum absolute atomic E-state index is 0.0341. The SMILES string of the molecule is CC(C)(C)c1nc(COc2cccc(CC(=O)O)c2)no1. The van der Waals surface area contributed by atoms with Crippen LogP contribution in [0.1, 0.15) is 38.0 Å². The molecule has 21 heavy (non-hydrogen) atoms. The quantitative estimate of drug-likeness (QED) is 0.910. The Labute approximate surface area is 122 Å². The maximum atomic E-state index is 10.7. The van der Waals surface area contributed by atoms with Crippen molar-refractivity contribution in [1.29, 1.82) is 0 Å². The zero-order valence-electron chi connectivity index (χ0n) is 12.3. The highest BCUT2D eigenvalue weighted by Gasteiger charge is 2.21. The second-order valence-electron chi connectivity index (χ2n) is 5.77. The number of hydrogen-bond acceptors (Lipinski definition) is 5. The highest BCUT2D eigenvalue weighted by atomic mass is 16.5. The third-order valence-corrected chi connectivity index (χ3v) is 2.73. The monoisotopic (exact) mass is 290 g/mol. The third-order valence-electron chi connectivity index (χ3n) is 2.73. The van der Waals surface area contributed by atoms with Crippen molar-refractivity contribution in [1.82, 2.24) is 10.1 Å². The van der Waals surface area contributed by atoms with Crippen LogP contribution >= 0.6 is 0 Å². The molecule has 0 aliphatic heterocycles. The van der Waals surface area contributed by atoms with Crippen molar-refractivity contribution in [2.24, 2.45) is 0 Å². The third kappa shape index (κ3) is 4.30. The Kier molecular flexibility index (Phi) is 4.26. The number of hydrogen-bond donors (Lipinski definition) is 1. The summed E-state index contributed by atoms with van der Waals surface area (Å²) in [6.07, 6.45) is -0.0341. The van der Waals surface area contributed by atoms with Crippen LogP contribution in [0.5, 0.6) is 5.75 Å². The molecule has 0 aliphatic rings. The maximum absolute atomic E-state index is 10.7. The number of ether oxygens (including phenoxy) is 1. The average Bonchev–Trinajstić information content (AvgIpc) is 2.84. The Bertz CT molecular complexity index is 629. The number of benzene rings is 1. The first-order valence-electron chi connectivity index (χ1n) is 6.61. The molecule has 0 radical (unpaired) electrons. The predicted molar refractivity (Wildman–Crippen MR) is 75.1 cm³/mol. The standard InChI is InChI=1S/C15H18N2O4/c1-15(2,3)14-16-12(17-21-14)9-20-11-6-4-5-10(7-11)8-13(18)19/h4-7H,8-9H2,1-3H3,(H,18,19). The van der Waals surface area contributed by atoms with Gasteiger partial charge in [-0.2, -0.15) is 4.98 Å². The lowest BCUT2D eigenvalue weighted by Crippen LogP contribution is -2.11. The molecule has 6 heteroatoms. The van der Waals surface area contributed by atoms with Crippen LogP contribution in [0.15, 0.2) is 28.8 Å². The molecule has 0 bridgehead atoms. The van der Waals surface area contributed by atoms with Crippen molar-refractivity contribution < 1.29 is 19.2 Å². The van der Waals surface area contributed by atoms with Crippen LogP contribution < -0.4 is 4.74 Å². The van der Waals surface area contributed by atoms with Crippen molar-refractivity contribution in [2.75, 3.05) is 0 Å². The fraction of sp³-hybridized carbons (Fsp3) is 0.400. The average molecular weight is 290 g/mol. The minimum atomic E-state index is -0.875. The van der Waals surface area contributed by atoms with E-state index in [4.69, 9.17) is 14.4 Å². The van der Waals surface area contributed by atoms with Gasteiger partial charge in [-0.15, -0.1) is 0 Å². The topological polar surface area (TPSA) is 85.5 Å². The van der Waals surface area contributed by atoms with Crippen LogP contribution in [0.4, 0.5) is 0 Å². The van der Waals surface area contributed by atoms with Gasteiger partial charge in [0.05, 0.1) is 6.42 Å². The van der Waals surface area contributed by atoms with Gasteiger partial charge in [0.25, 0.3) is 0 Å². The summed E-state index contributed by atoms with van der Waals surface area (Å²) in [4.78, 5) is 15.0. The number of aromatic nitrogens is 2. The van der Waals surface area contributed by atoms with E-state index in [9.17, 15) is 4.79 Å². The molecule has 2 rings (SSSR count). The smallest absolute Gasteiger partial charge is 0.307 e. The number of carbonyl (C=O) groups is 1. The molecule has 0 amide bonds. The molecule has 112 valence electrons. The van der Waals surface area contributed by atoms with E-state index in [-0.39, 0.29) is 18.4 Å². The first kappa shape index (κ1) is 15.0. The van der Waals surface area contributed by atoms with Gasteiger partial charge in [0, 0.05) is 5.41 Å². The van der Waals surface area contributed by atoms with E-state index in [2.05, 4.69) is 10.1 Å². The van der Waals surface area contributed by atoms with Crippen LogP contribution in [-0.2, 0) is 23.2 Å². The van der Waals surface area contributed by atoms with Gasteiger partial charge in [0.15, 0.2) is 6.61 Å². The molecular formula is C15H18N2O4. The summed E-state index contributed by atoms with van der Waals surface area (Å²) < 4.78 is 10.7. The number of nitrogens with zero attached hydrogens (tertiary/aromatic N) is 2. The van der Waals surface area contributed by atoms with Gasteiger partial charge < -0.3 is 14.4 Å². The van der Waals surface area contributed by atoms with Gasteiger partial charge in [-0.05, 0) is 17.7 Å². The molecule has 2 aromatic rings. The van der Waals surface area contributed by atoms with E-state index in [0.29, 0.717) is 23.0 Å². The second-order valence-corrected chi connectivity index (χ2v) is 5.77. The molecule has 0 atom stereocenters. The predicted octanol–water partition coefficient (Wildman–Crippen LogP) is 2.57. The minimum Gasteiger partial charge on any atom is -0.485 e. The number of aliphatic carboxylic acids is 1. The molecule has 1 aromatic heterocycles. The molecular weight excluding hydrogens is 272 g/mol. The van der Waals surface area contributed by atoms with Crippen LogP contribution in [0.3, 0.4) is 0 Å². The van der Waals surface area contributed by atoms with E-state index >= 15 is 0 Å². The summed E-state index contributed by atoms with van der Waals surface area (Å²) in [5.74, 6) is 0.722. The number of carboxylic acids is 1. The highest BCUT2D eigenvalue weighted by Crippen LogP contribution is 2.20. The molecule has 0 saturated heterocycles. The maximum Gasteiger partial charge on any atom is 0.307 e. The molecule has 0 unspecified atom stereocenters. The Morgan fingerprint density at radius 2 is 2.14 bits per heavy atom. The zero-order chi connectivity index (χ0) is 15.5. The summed E-state index contributed by atoms with van der Waals surface area (Å²) in [5, 5.41) is 12.6. The number of rotatable bonds is 5. The van der Waals surface area contributed by atoms with Gasteiger partial charge in [-0.3, -0.25) is 4.79 Å². The van der Waals surface area contributed by atoms with E-state index in [0.717, 1.165) is 0 Å². The molecule has 1 aromatic carbocycles. The fourth-order valence-electron chi connectivity index (χ4n) is 1.68.